The van der Waals surface area contributed by atoms with Gasteiger partial charge in [-0.1, -0.05) is 71.7 Å². The molecule has 2 unspecified atom stereocenters. The van der Waals surface area contributed by atoms with E-state index in [9.17, 15) is 55.3 Å². The third-order valence-corrected chi connectivity index (χ3v) is 10.8. The first-order valence-corrected chi connectivity index (χ1v) is 19.3. The SMILES string of the molecule is Cc1cc(S(=O)(=O)[O-])c(N=NC2C(=O)C(C(=O)O)=Cc3ccccc32)cc1Cl.Cc1cc(S(=O)(=O)[O-])c(N=NC2C(=O)C(C(=O)O)=Cc3ccccc32)cc1Cl.[Ca+2]. The van der Waals surface area contributed by atoms with Gasteiger partial charge in [0.1, 0.15) is 42.8 Å². The predicted octanol–water partition coefficient (Wildman–Crippen LogP) is 6.48. The number of fused-ring (bicyclic) bond motifs is 2. The number of aryl methyl sites for hydroxylation is 2. The number of nitrogens with zero attached hydrogens (tertiary/aromatic N) is 4. The standard InChI is InChI=1S/2C18H13ClN2O6S.Ca/c2*1-9-6-15(28(25,26)27)14(8-13(9)19)20-21-16-11-5-3-2-4-10(11)7-12(17(16)22)18(23)24;/h2*2-8,16H,1H3,(H,23,24)(H,25,26,27);/q;;+2/p-2. The van der Waals surface area contributed by atoms with Crippen LogP contribution in [0.1, 0.15) is 45.5 Å². The first-order valence-electron chi connectivity index (χ1n) is 15.7. The molecule has 6 rings (SSSR count). The molecule has 0 heterocycles. The van der Waals surface area contributed by atoms with E-state index in [1.807, 2.05) is 0 Å². The number of carbonyl (C=O) groups excluding carboxylic acids is 2. The molecule has 2 atom stereocenters. The number of benzene rings is 4. The number of hydrogen-bond acceptors (Lipinski definition) is 14. The largest absolute Gasteiger partial charge is 2.00 e. The van der Waals surface area contributed by atoms with Gasteiger partial charge in [-0.2, -0.15) is 20.5 Å². The van der Waals surface area contributed by atoms with Crippen molar-refractivity contribution >= 4 is 128 Å². The van der Waals surface area contributed by atoms with Gasteiger partial charge in [0, 0.05) is 10.0 Å². The van der Waals surface area contributed by atoms with Gasteiger partial charge in [0.05, 0.1) is 9.79 Å². The minimum Gasteiger partial charge on any atom is -0.744 e. The second kappa shape index (κ2) is 18.0. The maximum atomic E-state index is 12.5. The summed E-state index contributed by atoms with van der Waals surface area (Å²) in [4.78, 5) is 46.5. The number of ketones is 2. The Morgan fingerprint density at radius 1 is 0.632 bits per heavy atom. The molecule has 2 N–H and O–H groups in total. The molecule has 288 valence electrons. The van der Waals surface area contributed by atoms with Gasteiger partial charge in [-0.05, 0) is 83.6 Å². The van der Waals surface area contributed by atoms with Gasteiger partial charge in [-0.3, -0.25) is 9.59 Å². The second-order valence-corrected chi connectivity index (χ2v) is 15.5. The van der Waals surface area contributed by atoms with Crippen LogP contribution in [0.15, 0.2) is 114 Å². The molecular formula is C36H24CaCl2N4O12S2. The number of halogens is 2. The zero-order chi connectivity index (χ0) is 41.3. The van der Waals surface area contributed by atoms with Crippen LogP contribution in [-0.2, 0) is 39.4 Å². The number of carboxylic acids is 2. The number of hydrogen-bond donors (Lipinski definition) is 2. The monoisotopic (exact) mass is 878 g/mol. The number of Topliss-reactive ketones (excluding diaryl/α,β-unsaturated/α-hetero) is 2. The van der Waals surface area contributed by atoms with Crippen molar-refractivity contribution in [2.45, 2.75) is 35.7 Å². The molecule has 4 aromatic rings. The fourth-order valence-corrected chi connectivity index (χ4v) is 7.13. The Hall–Kier alpha value is -4.50. The van der Waals surface area contributed by atoms with Crippen LogP contribution in [0.4, 0.5) is 11.4 Å². The number of rotatable bonds is 8. The van der Waals surface area contributed by atoms with Crippen molar-refractivity contribution < 1.29 is 55.3 Å². The van der Waals surface area contributed by atoms with Crippen LogP contribution >= 0.6 is 23.2 Å². The van der Waals surface area contributed by atoms with E-state index in [0.717, 1.165) is 24.3 Å². The van der Waals surface area contributed by atoms with E-state index in [2.05, 4.69) is 20.5 Å². The Kier molecular flexibility index (Phi) is 14.2. The molecule has 2 aliphatic rings. The summed E-state index contributed by atoms with van der Waals surface area (Å²) >= 11 is 12.0. The van der Waals surface area contributed by atoms with Crippen molar-refractivity contribution in [3.05, 3.63) is 127 Å². The molecule has 0 saturated heterocycles. The van der Waals surface area contributed by atoms with Gasteiger partial charge in [0.15, 0.2) is 12.1 Å². The Morgan fingerprint density at radius 3 is 1.28 bits per heavy atom. The molecule has 57 heavy (non-hydrogen) atoms. The van der Waals surface area contributed by atoms with Crippen LogP contribution in [0.3, 0.4) is 0 Å². The average molecular weight is 880 g/mol. The van der Waals surface area contributed by atoms with Crippen molar-refractivity contribution in [2.75, 3.05) is 0 Å². The molecule has 0 amide bonds. The van der Waals surface area contributed by atoms with Gasteiger partial charge in [0.2, 0.25) is 11.6 Å². The van der Waals surface area contributed by atoms with Gasteiger partial charge in [0.25, 0.3) is 0 Å². The van der Waals surface area contributed by atoms with Crippen molar-refractivity contribution in [3.8, 4) is 0 Å². The molecule has 0 aromatic heterocycles. The number of carboxylic acid groups (broad SMARTS) is 2. The molecule has 2 aliphatic carbocycles. The van der Waals surface area contributed by atoms with Gasteiger partial charge in [-0.25, -0.2) is 26.4 Å². The topological polar surface area (TPSA) is 273 Å². The minimum absolute atomic E-state index is 0. The van der Waals surface area contributed by atoms with Crippen molar-refractivity contribution in [1.29, 1.82) is 0 Å². The maximum absolute atomic E-state index is 12.5. The van der Waals surface area contributed by atoms with E-state index in [4.69, 9.17) is 23.2 Å². The summed E-state index contributed by atoms with van der Waals surface area (Å²) in [5, 5.41) is 34.1. The van der Waals surface area contributed by atoms with E-state index in [1.54, 1.807) is 48.5 Å². The summed E-state index contributed by atoms with van der Waals surface area (Å²) in [6.07, 6.45) is 2.48. The summed E-state index contributed by atoms with van der Waals surface area (Å²) in [6, 6.07) is 14.9. The van der Waals surface area contributed by atoms with Crippen LogP contribution in [0.2, 0.25) is 10.0 Å². The van der Waals surface area contributed by atoms with Gasteiger partial charge in [-0.15, -0.1) is 0 Å². The third kappa shape index (κ3) is 10.1. The van der Waals surface area contributed by atoms with Crippen molar-refractivity contribution in [3.63, 3.8) is 0 Å². The second-order valence-electron chi connectivity index (χ2n) is 12.0. The number of carbonyl (C=O) groups is 4. The Labute approximate surface area is 364 Å². The third-order valence-electron chi connectivity index (χ3n) is 8.25. The molecule has 0 fully saturated rings. The fraction of sp³-hybridized carbons (Fsp3) is 0.111. The van der Waals surface area contributed by atoms with E-state index < -0.39 is 76.8 Å². The van der Waals surface area contributed by atoms with Crippen LogP contribution < -0.4 is 0 Å². The molecule has 4 aromatic carbocycles. The molecule has 0 saturated carbocycles. The predicted molar refractivity (Wildman–Crippen MR) is 203 cm³/mol. The molecule has 21 heteroatoms. The molecule has 0 radical (unpaired) electrons. The summed E-state index contributed by atoms with van der Waals surface area (Å²) in [5.41, 5.74) is 0.865. The fourth-order valence-electron chi connectivity index (χ4n) is 5.46. The minimum atomic E-state index is -4.88. The maximum Gasteiger partial charge on any atom is 2.00 e. The summed E-state index contributed by atoms with van der Waals surface area (Å²) in [7, 11) is -9.75. The van der Waals surface area contributed by atoms with E-state index >= 15 is 0 Å². The molecule has 16 nitrogen and oxygen atoms in total. The Morgan fingerprint density at radius 2 is 0.965 bits per heavy atom. The van der Waals surface area contributed by atoms with Crippen LogP contribution in [0, 0.1) is 13.8 Å². The smallest absolute Gasteiger partial charge is 0.744 e. The summed E-state index contributed by atoms with van der Waals surface area (Å²) in [5.74, 6) is -4.44. The van der Waals surface area contributed by atoms with Crippen LogP contribution in [0.25, 0.3) is 12.2 Å². The number of aliphatic carboxylic acids is 2. The Bertz CT molecular complexity index is 2530. The van der Waals surface area contributed by atoms with E-state index in [1.165, 1.54) is 26.0 Å². The molecule has 0 spiro atoms. The zero-order valence-electron chi connectivity index (χ0n) is 29.3. The summed E-state index contributed by atoms with van der Waals surface area (Å²) < 4.78 is 69.1. The van der Waals surface area contributed by atoms with Gasteiger partial charge >= 0.3 is 49.7 Å². The van der Waals surface area contributed by atoms with Crippen LogP contribution in [0.5, 0.6) is 0 Å². The number of azo groups is 2. The van der Waals surface area contributed by atoms with Gasteiger partial charge < -0.3 is 19.3 Å². The van der Waals surface area contributed by atoms with Crippen molar-refractivity contribution in [2.24, 2.45) is 20.5 Å². The van der Waals surface area contributed by atoms with Crippen LogP contribution in [-0.4, -0.2) is 97.4 Å². The molecule has 0 bridgehead atoms. The molecule has 0 aliphatic heterocycles. The van der Waals surface area contributed by atoms with E-state index in [0.29, 0.717) is 33.4 Å². The first-order chi connectivity index (χ1) is 26.2. The summed E-state index contributed by atoms with van der Waals surface area (Å²) in [6.45, 7) is 3.03. The first kappa shape index (κ1) is 45.2. The normalized spacial score (nSPS) is 16.5. The van der Waals surface area contributed by atoms with E-state index in [-0.39, 0.29) is 59.2 Å². The average Bonchev–Trinajstić information content (AvgIpc) is 3.12. The molecular weight excluding hydrogens is 856 g/mol. The zero-order valence-corrected chi connectivity index (χ0v) is 34.6. The Balaban J connectivity index is 0.000000248. The van der Waals surface area contributed by atoms with Crippen molar-refractivity contribution in [1.82, 2.24) is 0 Å². The quantitative estimate of drug-likeness (QED) is 0.0833.